The van der Waals surface area contributed by atoms with E-state index in [1.165, 1.54) is 18.5 Å². The molecule has 0 aliphatic heterocycles. The van der Waals surface area contributed by atoms with Crippen molar-refractivity contribution in [2.24, 2.45) is 5.41 Å². The first-order valence-electron chi connectivity index (χ1n) is 8.65. The smallest absolute Gasteiger partial charge is 0.378 e. The topological polar surface area (TPSA) is 58.9 Å². The van der Waals surface area contributed by atoms with Crippen LogP contribution < -0.4 is 0 Å². The van der Waals surface area contributed by atoms with Gasteiger partial charge in [0.2, 0.25) is 0 Å². The summed E-state index contributed by atoms with van der Waals surface area (Å²) in [6.07, 6.45) is 1.64. The Morgan fingerprint density at radius 3 is 1.79 bits per heavy atom. The van der Waals surface area contributed by atoms with E-state index in [1.54, 1.807) is 30.7 Å². The van der Waals surface area contributed by atoms with Crippen molar-refractivity contribution < 1.29 is 18.3 Å². The van der Waals surface area contributed by atoms with E-state index in [9.17, 15) is 18.3 Å². The van der Waals surface area contributed by atoms with E-state index in [4.69, 9.17) is 0 Å². The number of alkyl halides is 3. The molecule has 2 aromatic heterocycles. The number of halogens is 3. The highest BCUT2D eigenvalue weighted by molar-refractivity contribution is 5.63. The van der Waals surface area contributed by atoms with Gasteiger partial charge in [0.25, 0.3) is 0 Å². The van der Waals surface area contributed by atoms with Crippen molar-refractivity contribution in [3.05, 3.63) is 78.1 Å². The first-order chi connectivity index (χ1) is 13.0. The van der Waals surface area contributed by atoms with Crippen molar-refractivity contribution in [3.63, 3.8) is 0 Å². The van der Waals surface area contributed by atoms with Gasteiger partial charge < -0.3 is 5.11 Å². The Morgan fingerprint density at radius 2 is 1.32 bits per heavy atom. The third-order valence-corrected chi connectivity index (χ3v) is 4.74. The summed E-state index contributed by atoms with van der Waals surface area (Å²) in [7, 11) is 0. The molecule has 4 nitrogen and oxygen atoms in total. The molecule has 0 aliphatic rings. The molecule has 2 heterocycles. The van der Waals surface area contributed by atoms with Crippen LogP contribution in [0.5, 0.6) is 0 Å². The molecule has 0 fully saturated rings. The van der Waals surface area contributed by atoms with Crippen LogP contribution >= 0.6 is 0 Å². The molecule has 0 radical (unpaired) electrons. The minimum Gasteiger partial charge on any atom is -0.378 e. The van der Waals surface area contributed by atoms with E-state index in [-0.39, 0.29) is 0 Å². The van der Waals surface area contributed by atoms with Gasteiger partial charge in [-0.25, -0.2) is 9.97 Å². The minimum absolute atomic E-state index is 0.408. The van der Waals surface area contributed by atoms with Gasteiger partial charge in [0.1, 0.15) is 11.9 Å². The molecule has 1 aromatic carbocycles. The van der Waals surface area contributed by atoms with E-state index in [0.717, 1.165) is 12.1 Å². The summed E-state index contributed by atoms with van der Waals surface area (Å²) in [5.74, 6) is 0. The zero-order chi connectivity index (χ0) is 20.6. The summed E-state index contributed by atoms with van der Waals surface area (Å²) in [5.41, 5.74) is -0.574. The van der Waals surface area contributed by atoms with Gasteiger partial charge in [-0.3, -0.25) is 4.98 Å². The Kier molecular flexibility index (Phi) is 4.97. The lowest BCUT2D eigenvalue weighted by atomic mass is 9.70. The summed E-state index contributed by atoms with van der Waals surface area (Å²) in [5, 5.41) is 11.5. The molecule has 0 saturated heterocycles. The molecule has 0 aliphatic carbocycles. The number of aliphatic hydroxyl groups is 1. The van der Waals surface area contributed by atoms with Gasteiger partial charge in [0.15, 0.2) is 0 Å². The first-order valence-corrected chi connectivity index (χ1v) is 8.65. The van der Waals surface area contributed by atoms with Crippen molar-refractivity contribution in [3.8, 4) is 11.1 Å². The Morgan fingerprint density at radius 1 is 0.750 bits per heavy atom. The van der Waals surface area contributed by atoms with Crippen molar-refractivity contribution >= 4 is 0 Å². The van der Waals surface area contributed by atoms with Gasteiger partial charge >= 0.3 is 6.18 Å². The molecular formula is C21H20F3N3O. The highest BCUT2D eigenvalue weighted by Crippen LogP contribution is 2.43. The van der Waals surface area contributed by atoms with Crippen LogP contribution in [0, 0.1) is 5.41 Å². The third kappa shape index (κ3) is 3.62. The summed E-state index contributed by atoms with van der Waals surface area (Å²) in [6.45, 7) is 5.64. The maximum atomic E-state index is 12.7. The molecular weight excluding hydrogens is 367 g/mol. The molecule has 7 heteroatoms. The van der Waals surface area contributed by atoms with Crippen molar-refractivity contribution in [2.45, 2.75) is 32.5 Å². The molecule has 3 aromatic rings. The molecule has 0 bridgehead atoms. The maximum Gasteiger partial charge on any atom is 0.416 e. The van der Waals surface area contributed by atoms with Crippen LogP contribution in [0.2, 0.25) is 0 Å². The van der Waals surface area contributed by atoms with E-state index in [2.05, 4.69) is 15.0 Å². The molecule has 1 atom stereocenters. The predicted octanol–water partition coefficient (Wildman–Crippen LogP) is 4.84. The third-order valence-electron chi connectivity index (χ3n) is 4.74. The second-order valence-corrected chi connectivity index (χ2v) is 7.59. The van der Waals surface area contributed by atoms with Gasteiger partial charge in [-0.2, -0.15) is 13.2 Å². The standard InChI is InChI=1S/C21H20F3N3O/c1-19(2,3)20(28,17-11-25-13-26-12-17)18-9-6-15(10-27-18)14-4-7-16(8-5-14)21(22,23)24/h4-13,28H,1-3H3. The van der Waals surface area contributed by atoms with Crippen LogP contribution in [0.3, 0.4) is 0 Å². The zero-order valence-corrected chi connectivity index (χ0v) is 15.7. The lowest BCUT2D eigenvalue weighted by molar-refractivity contribution is -0.137. The molecule has 3 rings (SSSR count). The molecule has 0 saturated carbocycles. The second kappa shape index (κ2) is 6.98. The largest absolute Gasteiger partial charge is 0.416 e. The number of rotatable bonds is 3. The molecule has 0 spiro atoms. The van der Waals surface area contributed by atoms with Crippen LogP contribution in [-0.2, 0) is 11.8 Å². The van der Waals surface area contributed by atoms with Gasteiger partial charge in [-0.1, -0.05) is 39.0 Å². The average molecular weight is 387 g/mol. The number of pyridine rings is 1. The van der Waals surface area contributed by atoms with Crippen LogP contribution in [0.1, 0.15) is 37.6 Å². The monoisotopic (exact) mass is 387 g/mol. The number of nitrogens with zero attached hydrogens (tertiary/aromatic N) is 3. The van der Waals surface area contributed by atoms with Crippen molar-refractivity contribution in [2.75, 3.05) is 0 Å². The van der Waals surface area contributed by atoms with Crippen molar-refractivity contribution in [1.29, 1.82) is 0 Å². The van der Waals surface area contributed by atoms with E-state index in [1.807, 2.05) is 20.8 Å². The number of aromatic nitrogens is 3. The highest BCUT2D eigenvalue weighted by Gasteiger charge is 2.45. The van der Waals surface area contributed by atoms with E-state index >= 15 is 0 Å². The van der Waals surface area contributed by atoms with Gasteiger partial charge in [-0.05, 0) is 23.8 Å². The van der Waals surface area contributed by atoms with Crippen LogP contribution in [0.4, 0.5) is 13.2 Å². The van der Waals surface area contributed by atoms with Gasteiger partial charge in [0.05, 0.1) is 11.3 Å². The summed E-state index contributed by atoms with van der Waals surface area (Å²) < 4.78 is 38.2. The second-order valence-electron chi connectivity index (χ2n) is 7.59. The number of benzene rings is 1. The van der Waals surface area contributed by atoms with Crippen molar-refractivity contribution in [1.82, 2.24) is 15.0 Å². The Balaban J connectivity index is 1.99. The SMILES string of the molecule is CC(C)(C)C(O)(c1cncnc1)c1ccc(-c2ccc(C(F)(F)F)cc2)cn1. The lowest BCUT2D eigenvalue weighted by Crippen LogP contribution is -2.42. The molecule has 1 unspecified atom stereocenters. The Bertz CT molecular complexity index is 934. The Labute approximate surface area is 161 Å². The summed E-state index contributed by atoms with van der Waals surface area (Å²) in [4.78, 5) is 12.4. The fourth-order valence-corrected chi connectivity index (χ4v) is 3.08. The van der Waals surface area contributed by atoms with Crippen LogP contribution in [0.25, 0.3) is 11.1 Å². The molecule has 28 heavy (non-hydrogen) atoms. The zero-order valence-electron chi connectivity index (χ0n) is 15.7. The Hall–Kier alpha value is -2.80. The van der Waals surface area contributed by atoms with Crippen LogP contribution in [0.15, 0.2) is 61.3 Å². The molecule has 1 N–H and O–H groups in total. The predicted molar refractivity (Wildman–Crippen MR) is 99.2 cm³/mol. The molecule has 0 amide bonds. The summed E-state index contributed by atoms with van der Waals surface area (Å²) >= 11 is 0. The van der Waals surface area contributed by atoms with E-state index in [0.29, 0.717) is 22.4 Å². The minimum atomic E-state index is -4.37. The normalized spacial score (nSPS) is 14.5. The number of hydrogen-bond acceptors (Lipinski definition) is 4. The van der Waals surface area contributed by atoms with Gasteiger partial charge in [-0.15, -0.1) is 0 Å². The fraction of sp³-hybridized carbons (Fsp3) is 0.286. The quantitative estimate of drug-likeness (QED) is 0.699. The summed E-state index contributed by atoms with van der Waals surface area (Å²) in [6, 6.07) is 8.28. The average Bonchev–Trinajstić information content (AvgIpc) is 2.67. The maximum absolute atomic E-state index is 12.7. The number of hydrogen-bond donors (Lipinski definition) is 1. The van der Waals surface area contributed by atoms with Crippen LogP contribution in [-0.4, -0.2) is 20.1 Å². The fourth-order valence-electron chi connectivity index (χ4n) is 3.08. The van der Waals surface area contributed by atoms with E-state index < -0.39 is 22.8 Å². The highest BCUT2D eigenvalue weighted by atomic mass is 19.4. The lowest BCUT2D eigenvalue weighted by Gasteiger charge is -2.39. The molecule has 146 valence electrons. The first kappa shape index (κ1) is 19.9. The van der Waals surface area contributed by atoms with Gasteiger partial charge in [0, 0.05) is 35.1 Å².